The van der Waals surface area contributed by atoms with Crippen LogP contribution in [0.15, 0.2) is 54.7 Å². The maximum atomic E-state index is 12.9. The van der Waals surface area contributed by atoms with Crippen LogP contribution in [-0.4, -0.2) is 35.4 Å². The molecular weight excluding hydrogens is 294 g/mol. The number of amides is 1. The molecule has 2 aliphatic heterocycles. The molecule has 0 bridgehead atoms. The minimum Gasteiger partial charge on any atom is -0.494 e. The van der Waals surface area contributed by atoms with Gasteiger partial charge in [0, 0.05) is 24.6 Å². The van der Waals surface area contributed by atoms with Gasteiger partial charge < -0.3 is 14.4 Å². The lowest BCUT2D eigenvalue weighted by Crippen LogP contribution is -2.42. The molecule has 2 aromatic rings. The van der Waals surface area contributed by atoms with Crippen LogP contribution in [-0.2, 0) is 20.7 Å². The van der Waals surface area contributed by atoms with Crippen LogP contribution < -0.4 is 4.90 Å². The van der Waals surface area contributed by atoms with Gasteiger partial charge >= 0.3 is 0 Å². The number of nitrogens with zero attached hydrogens (tertiary/aromatic N) is 3. The Morgan fingerprint density at radius 1 is 1.22 bits per heavy atom. The van der Waals surface area contributed by atoms with Gasteiger partial charge in [-0.05, 0) is 24.1 Å². The second-order valence-corrected chi connectivity index (χ2v) is 5.59. The predicted molar refractivity (Wildman–Crippen MR) is 83.8 cm³/mol. The molecule has 1 aromatic carbocycles. The van der Waals surface area contributed by atoms with E-state index in [2.05, 4.69) is 11.2 Å². The number of ether oxygens (including phenoxy) is 2. The maximum absolute atomic E-state index is 12.9. The van der Waals surface area contributed by atoms with Crippen LogP contribution in [0.4, 0.5) is 5.69 Å². The molecule has 0 spiro atoms. The van der Waals surface area contributed by atoms with Crippen LogP contribution in [0, 0.1) is 0 Å². The van der Waals surface area contributed by atoms with Gasteiger partial charge in [-0.1, -0.05) is 18.2 Å². The lowest BCUT2D eigenvalue weighted by atomic mass is 9.97. The summed E-state index contributed by atoms with van der Waals surface area (Å²) in [5.41, 5.74) is 2.06. The number of hydrogen-bond donors (Lipinski definition) is 0. The summed E-state index contributed by atoms with van der Waals surface area (Å²) in [5, 5.41) is 4.33. The fourth-order valence-electron chi connectivity index (χ4n) is 3.05. The Morgan fingerprint density at radius 3 is 2.91 bits per heavy atom. The molecule has 4 rings (SSSR count). The van der Waals surface area contributed by atoms with Crippen LogP contribution in [0.1, 0.15) is 11.6 Å². The third-order valence-electron chi connectivity index (χ3n) is 4.14. The topological polar surface area (TPSA) is 56.6 Å². The lowest BCUT2D eigenvalue weighted by molar-refractivity contribution is -0.120. The number of carbonyl (C=O) groups is 1. The first-order valence-electron chi connectivity index (χ1n) is 7.66. The number of hydrogen-bond acceptors (Lipinski definition) is 4. The Hall–Kier alpha value is -2.76. The van der Waals surface area contributed by atoms with E-state index in [1.165, 1.54) is 6.26 Å². The molecule has 0 aliphatic carbocycles. The Balaban J connectivity index is 1.69. The molecule has 0 N–H and O–H groups in total. The Labute approximate surface area is 133 Å². The van der Waals surface area contributed by atoms with E-state index >= 15 is 0 Å². The molecule has 118 valence electrons. The largest absolute Gasteiger partial charge is 0.494 e. The Kier molecular flexibility index (Phi) is 3.49. The first-order valence-corrected chi connectivity index (χ1v) is 7.66. The van der Waals surface area contributed by atoms with Crippen molar-refractivity contribution in [3.05, 3.63) is 60.3 Å². The van der Waals surface area contributed by atoms with Crippen molar-refractivity contribution in [1.29, 1.82) is 0 Å². The molecule has 1 atom stereocenters. The quantitative estimate of drug-likeness (QED) is 0.850. The van der Waals surface area contributed by atoms with Crippen molar-refractivity contribution >= 4 is 11.6 Å². The highest BCUT2D eigenvalue weighted by Crippen LogP contribution is 2.32. The zero-order valence-corrected chi connectivity index (χ0v) is 12.6. The van der Waals surface area contributed by atoms with Crippen LogP contribution in [0.2, 0.25) is 0 Å². The SMILES string of the molecule is O=C(C1=COCCO1)N1C[C@@H](n2cccn2)Cc2ccccc21. The lowest BCUT2D eigenvalue weighted by Gasteiger charge is -2.35. The second kappa shape index (κ2) is 5.79. The summed E-state index contributed by atoms with van der Waals surface area (Å²) in [6.45, 7) is 1.43. The summed E-state index contributed by atoms with van der Waals surface area (Å²) in [7, 11) is 0. The van der Waals surface area contributed by atoms with Crippen LogP contribution in [0.25, 0.3) is 0 Å². The van der Waals surface area contributed by atoms with E-state index in [4.69, 9.17) is 9.47 Å². The van der Waals surface area contributed by atoms with Gasteiger partial charge in [0.15, 0.2) is 0 Å². The first-order chi connectivity index (χ1) is 11.3. The summed E-state index contributed by atoms with van der Waals surface area (Å²) >= 11 is 0. The molecule has 0 radical (unpaired) electrons. The van der Waals surface area contributed by atoms with Gasteiger partial charge in [0.05, 0.1) is 6.04 Å². The monoisotopic (exact) mass is 311 g/mol. The minimum absolute atomic E-state index is 0.106. The van der Waals surface area contributed by atoms with E-state index in [9.17, 15) is 4.79 Å². The Morgan fingerprint density at radius 2 is 2.13 bits per heavy atom. The third kappa shape index (κ3) is 2.56. The smallest absolute Gasteiger partial charge is 0.296 e. The highest BCUT2D eigenvalue weighted by Gasteiger charge is 2.32. The maximum Gasteiger partial charge on any atom is 0.296 e. The predicted octanol–water partition coefficient (Wildman–Crippen LogP) is 1.90. The van der Waals surface area contributed by atoms with Crippen molar-refractivity contribution in [3.8, 4) is 0 Å². The Bertz CT molecular complexity index is 739. The molecule has 23 heavy (non-hydrogen) atoms. The van der Waals surface area contributed by atoms with Gasteiger partial charge in [-0.25, -0.2) is 0 Å². The minimum atomic E-state index is -0.172. The number of benzene rings is 1. The van der Waals surface area contributed by atoms with E-state index in [1.807, 2.05) is 35.1 Å². The van der Waals surface area contributed by atoms with Gasteiger partial charge in [0.2, 0.25) is 5.76 Å². The van der Waals surface area contributed by atoms with Gasteiger partial charge in [-0.2, -0.15) is 5.10 Å². The number of para-hydroxylation sites is 1. The van der Waals surface area contributed by atoms with E-state index in [-0.39, 0.29) is 17.7 Å². The number of rotatable bonds is 2. The molecule has 0 saturated heterocycles. The fraction of sp³-hybridized carbons (Fsp3) is 0.294. The summed E-state index contributed by atoms with van der Waals surface area (Å²) < 4.78 is 12.6. The van der Waals surface area contributed by atoms with Crippen LogP contribution >= 0.6 is 0 Å². The van der Waals surface area contributed by atoms with Gasteiger partial charge in [-0.15, -0.1) is 0 Å². The summed E-state index contributed by atoms with van der Waals surface area (Å²) in [4.78, 5) is 14.6. The molecule has 1 amide bonds. The molecule has 0 saturated carbocycles. The molecule has 6 nitrogen and oxygen atoms in total. The molecule has 1 aromatic heterocycles. The third-order valence-corrected chi connectivity index (χ3v) is 4.14. The standard InChI is InChI=1S/C17H17N3O3/c21-17(16-12-22-8-9-23-16)19-11-14(20-7-3-6-18-20)10-13-4-1-2-5-15(13)19/h1-7,12,14H,8-11H2/t14-/m0/s1. The number of anilines is 1. The van der Waals surface area contributed by atoms with Crippen molar-refractivity contribution in [2.75, 3.05) is 24.7 Å². The highest BCUT2D eigenvalue weighted by atomic mass is 16.6. The zero-order chi connectivity index (χ0) is 15.6. The molecule has 2 aliphatic rings. The molecule has 3 heterocycles. The van der Waals surface area contributed by atoms with E-state index in [0.29, 0.717) is 19.8 Å². The van der Waals surface area contributed by atoms with Gasteiger partial charge in [0.1, 0.15) is 19.5 Å². The van der Waals surface area contributed by atoms with Gasteiger partial charge in [-0.3, -0.25) is 9.48 Å². The number of fused-ring (bicyclic) bond motifs is 1. The molecule has 0 fully saturated rings. The van der Waals surface area contributed by atoms with E-state index in [0.717, 1.165) is 17.7 Å². The summed E-state index contributed by atoms with van der Waals surface area (Å²) in [5.74, 6) is 0.0844. The zero-order valence-electron chi connectivity index (χ0n) is 12.6. The first kappa shape index (κ1) is 13.9. The number of aromatic nitrogens is 2. The molecule has 0 unspecified atom stereocenters. The van der Waals surface area contributed by atoms with E-state index < -0.39 is 0 Å². The summed E-state index contributed by atoms with van der Waals surface area (Å²) in [6, 6.07) is 9.96. The van der Waals surface area contributed by atoms with Crippen molar-refractivity contribution < 1.29 is 14.3 Å². The van der Waals surface area contributed by atoms with Crippen molar-refractivity contribution in [2.45, 2.75) is 12.5 Å². The highest BCUT2D eigenvalue weighted by molar-refractivity contribution is 6.04. The average molecular weight is 311 g/mol. The fourth-order valence-corrected chi connectivity index (χ4v) is 3.05. The van der Waals surface area contributed by atoms with Crippen molar-refractivity contribution in [1.82, 2.24) is 9.78 Å². The average Bonchev–Trinajstić information content (AvgIpc) is 3.15. The number of carbonyl (C=O) groups excluding carboxylic acids is 1. The van der Waals surface area contributed by atoms with E-state index in [1.54, 1.807) is 11.1 Å². The second-order valence-electron chi connectivity index (χ2n) is 5.59. The van der Waals surface area contributed by atoms with Crippen LogP contribution in [0.5, 0.6) is 0 Å². The van der Waals surface area contributed by atoms with Crippen molar-refractivity contribution in [2.24, 2.45) is 0 Å². The normalized spacial score (nSPS) is 20.1. The van der Waals surface area contributed by atoms with Gasteiger partial charge in [0.25, 0.3) is 5.91 Å². The van der Waals surface area contributed by atoms with Crippen LogP contribution in [0.3, 0.4) is 0 Å². The summed E-state index contributed by atoms with van der Waals surface area (Å²) in [6.07, 6.45) is 5.94. The van der Waals surface area contributed by atoms with Crippen molar-refractivity contribution in [3.63, 3.8) is 0 Å². The molecule has 6 heteroatoms. The molecular formula is C17H17N3O3.